The number of amides is 1. The van der Waals surface area contributed by atoms with Gasteiger partial charge >= 0.3 is 12.1 Å². The molecule has 0 radical (unpaired) electrons. The fourth-order valence-corrected chi connectivity index (χ4v) is 8.46. The number of carbonyl (C=O) groups is 3. The minimum atomic E-state index is -1.16. The minimum Gasteiger partial charge on any atom is -0.458 e. The lowest BCUT2D eigenvalue weighted by molar-refractivity contribution is -0.299. The van der Waals surface area contributed by atoms with E-state index in [4.69, 9.17) is 23.7 Å². The molecule has 14 nitrogen and oxygen atoms in total. The number of Topliss-reactive ketones (excluding diaryl/α,β-unsaturated/α-hetero) is 1. The summed E-state index contributed by atoms with van der Waals surface area (Å²) in [6.07, 6.45) is -2.99. The van der Waals surface area contributed by atoms with Crippen molar-refractivity contribution in [1.29, 1.82) is 0 Å². The maximum absolute atomic E-state index is 14.3. The molecule has 4 aliphatic rings. The number of aliphatic hydroxyl groups excluding tert-OH is 1. The van der Waals surface area contributed by atoms with E-state index in [9.17, 15) is 19.5 Å². The quantitative estimate of drug-likeness (QED) is 0.259. The number of carbonyl (C=O) groups excluding carboxylic acids is 3. The number of rotatable bonds is 7. The van der Waals surface area contributed by atoms with Crippen LogP contribution in [0.15, 0.2) is 0 Å². The van der Waals surface area contributed by atoms with Gasteiger partial charge in [0, 0.05) is 57.8 Å². The van der Waals surface area contributed by atoms with Crippen molar-refractivity contribution < 1.29 is 43.2 Å². The standard InChI is InChI=1S/C36H65N5O9/c1-12-27-36(7)30(38-34(45)50-36)24(5)37-19-21(2)18-35(6,46-11)31(22(3)28(42)23(4)32(44)48-27)49-33-29(43)26(39(8)9)17-25(47-33)20-41-15-13-40(10)14-16-41/h21-27,29-31,33,37,43H,12-20H2,1-11H3,(H,38,45)/t21-,22+,23?,24-,25?,26?,27-,29?,30-,31-,33?,35-,36-/m1/s1. The molecule has 0 aromatic carbocycles. The zero-order chi connectivity index (χ0) is 37.1. The molecular weight excluding hydrogens is 646 g/mol. The van der Waals surface area contributed by atoms with Crippen molar-refractivity contribution in [2.75, 3.05) is 67.5 Å². The van der Waals surface area contributed by atoms with E-state index >= 15 is 0 Å². The topological polar surface area (TPSA) is 151 Å². The normalized spacial score (nSPS) is 43.4. The minimum absolute atomic E-state index is 0.0270. The maximum atomic E-state index is 14.3. The number of piperazine rings is 1. The van der Waals surface area contributed by atoms with Crippen LogP contribution in [-0.4, -0.2) is 165 Å². The fourth-order valence-electron chi connectivity index (χ4n) is 8.46. The molecular formula is C36H65N5O9. The molecule has 288 valence electrons. The largest absolute Gasteiger partial charge is 0.458 e. The van der Waals surface area contributed by atoms with Crippen LogP contribution in [0.4, 0.5) is 4.79 Å². The van der Waals surface area contributed by atoms with Crippen molar-refractivity contribution >= 4 is 17.8 Å². The van der Waals surface area contributed by atoms with Crippen molar-refractivity contribution in [3.05, 3.63) is 0 Å². The van der Waals surface area contributed by atoms with Crippen LogP contribution in [0.5, 0.6) is 0 Å². The van der Waals surface area contributed by atoms with Crippen molar-refractivity contribution in [3.63, 3.8) is 0 Å². The maximum Gasteiger partial charge on any atom is 0.408 e. The summed E-state index contributed by atoms with van der Waals surface area (Å²) in [6.45, 7) is 18.0. The number of cyclic esters (lactones) is 1. The Bertz CT molecular complexity index is 1170. The summed E-state index contributed by atoms with van der Waals surface area (Å²) in [4.78, 5) is 47.2. The van der Waals surface area contributed by atoms with Crippen molar-refractivity contribution in [3.8, 4) is 0 Å². The van der Waals surface area contributed by atoms with Crippen LogP contribution in [0.25, 0.3) is 0 Å². The number of nitrogens with zero attached hydrogens (tertiary/aromatic N) is 3. The summed E-state index contributed by atoms with van der Waals surface area (Å²) < 4.78 is 31.4. The molecule has 3 N–H and O–H groups in total. The van der Waals surface area contributed by atoms with Gasteiger partial charge in [-0.1, -0.05) is 20.8 Å². The van der Waals surface area contributed by atoms with E-state index in [-0.39, 0.29) is 29.9 Å². The van der Waals surface area contributed by atoms with Gasteiger partial charge in [-0.15, -0.1) is 0 Å². The number of ether oxygens (including phenoxy) is 5. The highest BCUT2D eigenvalue weighted by Gasteiger charge is 2.55. The highest BCUT2D eigenvalue weighted by Crippen LogP contribution is 2.38. The van der Waals surface area contributed by atoms with Crippen molar-refractivity contribution in [2.24, 2.45) is 17.8 Å². The molecule has 5 unspecified atom stereocenters. The van der Waals surface area contributed by atoms with Crippen LogP contribution in [-0.2, 0) is 33.3 Å². The predicted octanol–water partition coefficient (Wildman–Crippen LogP) is 1.48. The predicted molar refractivity (Wildman–Crippen MR) is 188 cm³/mol. The molecule has 4 heterocycles. The second-order valence-corrected chi connectivity index (χ2v) is 16.0. The van der Waals surface area contributed by atoms with Crippen LogP contribution in [0, 0.1) is 17.8 Å². The summed E-state index contributed by atoms with van der Waals surface area (Å²) >= 11 is 0. The Kier molecular flexibility index (Phi) is 13.8. The summed E-state index contributed by atoms with van der Waals surface area (Å²) in [6, 6.07) is -0.967. The first-order valence-corrected chi connectivity index (χ1v) is 18.5. The van der Waals surface area contributed by atoms with E-state index in [0.29, 0.717) is 32.4 Å². The van der Waals surface area contributed by atoms with Crippen LogP contribution in [0.1, 0.15) is 67.7 Å². The molecule has 4 saturated heterocycles. The first kappa shape index (κ1) is 40.9. The number of ketones is 1. The number of aliphatic hydroxyl groups is 1. The third-order valence-corrected chi connectivity index (χ3v) is 11.8. The van der Waals surface area contributed by atoms with Crippen LogP contribution in [0.2, 0.25) is 0 Å². The van der Waals surface area contributed by atoms with Crippen molar-refractivity contribution in [2.45, 2.75) is 128 Å². The Hall–Kier alpha value is -1.91. The molecule has 0 aromatic heterocycles. The molecule has 0 aromatic rings. The number of hydrogen-bond acceptors (Lipinski definition) is 13. The summed E-state index contributed by atoms with van der Waals surface area (Å²) in [5.74, 6) is -3.04. The third-order valence-electron chi connectivity index (χ3n) is 11.8. The summed E-state index contributed by atoms with van der Waals surface area (Å²) in [5, 5.41) is 18.2. The number of methoxy groups -OCH3 is 1. The van der Waals surface area contributed by atoms with Gasteiger partial charge in [0.15, 0.2) is 17.7 Å². The van der Waals surface area contributed by atoms with E-state index in [0.717, 1.165) is 26.2 Å². The SMILES string of the molecule is CC[C@H]1OC(=O)C(C)C(=O)[C@H](C)[C@@H](OC2OC(CN3CCN(C)CC3)CC(N(C)C)C2O)[C@](C)(OC)C[C@@H](C)CN[C@H](C)[C@H]2NC(=O)O[C@@]21C. The smallest absolute Gasteiger partial charge is 0.408 e. The molecule has 0 saturated carbocycles. The van der Waals surface area contributed by atoms with E-state index < -0.39 is 65.7 Å². The molecule has 1 amide bonds. The third kappa shape index (κ3) is 8.99. The Morgan fingerprint density at radius 3 is 2.32 bits per heavy atom. The number of fused-ring (bicyclic) bond motifs is 1. The molecule has 0 spiro atoms. The lowest BCUT2D eigenvalue weighted by atomic mass is 9.78. The Morgan fingerprint density at radius 1 is 1.06 bits per heavy atom. The number of hydrogen-bond donors (Lipinski definition) is 3. The van der Waals surface area contributed by atoms with E-state index in [2.05, 4.69) is 34.4 Å². The molecule has 4 fully saturated rings. The fraction of sp³-hybridized carbons (Fsp3) is 0.917. The zero-order valence-corrected chi connectivity index (χ0v) is 32.3. The number of nitrogens with one attached hydrogen (secondary N) is 2. The van der Waals surface area contributed by atoms with Gasteiger partial charge in [-0.3, -0.25) is 14.5 Å². The van der Waals surface area contributed by atoms with Gasteiger partial charge in [-0.05, 0) is 80.6 Å². The zero-order valence-electron chi connectivity index (χ0n) is 32.3. The highest BCUT2D eigenvalue weighted by molar-refractivity contribution is 6.00. The second kappa shape index (κ2) is 16.8. The van der Waals surface area contributed by atoms with Gasteiger partial charge in [0.2, 0.25) is 0 Å². The Balaban J connectivity index is 1.66. The lowest BCUT2D eigenvalue weighted by Gasteiger charge is -2.48. The molecule has 50 heavy (non-hydrogen) atoms. The average Bonchev–Trinajstić information content (AvgIpc) is 3.39. The number of likely N-dealkylation sites (N-methyl/N-ethyl adjacent to an activating group) is 2. The van der Waals surface area contributed by atoms with Crippen LogP contribution in [0.3, 0.4) is 0 Å². The number of esters is 1. The first-order valence-electron chi connectivity index (χ1n) is 18.5. The van der Waals surface area contributed by atoms with E-state index in [1.54, 1.807) is 27.9 Å². The molecule has 0 bridgehead atoms. The molecule has 4 rings (SSSR count). The second-order valence-electron chi connectivity index (χ2n) is 16.0. The van der Waals surface area contributed by atoms with E-state index in [1.807, 2.05) is 39.8 Å². The molecule has 0 aliphatic carbocycles. The van der Waals surface area contributed by atoms with E-state index in [1.165, 1.54) is 0 Å². The van der Waals surface area contributed by atoms with Gasteiger partial charge in [0.1, 0.15) is 18.1 Å². The van der Waals surface area contributed by atoms with Crippen LogP contribution >= 0.6 is 0 Å². The summed E-state index contributed by atoms with van der Waals surface area (Å²) in [7, 11) is 7.60. The average molecular weight is 712 g/mol. The lowest BCUT2D eigenvalue weighted by Crippen LogP contribution is -2.61. The molecule has 14 heteroatoms. The number of alkyl carbamates (subject to hydrolysis) is 1. The van der Waals surface area contributed by atoms with Gasteiger partial charge in [-0.25, -0.2) is 4.79 Å². The molecule has 13 atom stereocenters. The van der Waals surface area contributed by atoms with Gasteiger partial charge in [-0.2, -0.15) is 0 Å². The van der Waals surface area contributed by atoms with Gasteiger partial charge < -0.3 is 49.2 Å². The van der Waals surface area contributed by atoms with Gasteiger partial charge in [0.25, 0.3) is 0 Å². The highest BCUT2D eigenvalue weighted by atomic mass is 16.7. The summed E-state index contributed by atoms with van der Waals surface area (Å²) in [5.41, 5.74) is -2.17. The first-order chi connectivity index (χ1) is 23.4. The van der Waals surface area contributed by atoms with Crippen LogP contribution < -0.4 is 10.6 Å². The Labute approximate surface area is 299 Å². The van der Waals surface area contributed by atoms with Gasteiger partial charge in [0.05, 0.1) is 23.9 Å². The molecule has 4 aliphatic heterocycles. The monoisotopic (exact) mass is 711 g/mol. The Morgan fingerprint density at radius 2 is 1.72 bits per heavy atom. The van der Waals surface area contributed by atoms with Crippen molar-refractivity contribution in [1.82, 2.24) is 25.3 Å².